The van der Waals surface area contributed by atoms with Gasteiger partial charge in [0.1, 0.15) is 5.75 Å². The molecule has 0 bridgehead atoms. The zero-order chi connectivity index (χ0) is 22.8. The molecule has 5 nitrogen and oxygen atoms in total. The van der Waals surface area contributed by atoms with Crippen LogP contribution < -0.4 is 15.4 Å². The minimum Gasteiger partial charge on any atom is -0.435 e. The third-order valence-electron chi connectivity index (χ3n) is 4.89. The molecular weight excluding hydrogens is 414 g/mol. The molecule has 0 radical (unpaired) electrons. The number of amides is 2. The van der Waals surface area contributed by atoms with Gasteiger partial charge in [-0.25, -0.2) is 0 Å². The van der Waals surface area contributed by atoms with E-state index in [4.69, 9.17) is 0 Å². The number of halogens is 2. The Kier molecular flexibility index (Phi) is 8.31. The number of benzene rings is 3. The molecule has 0 saturated carbocycles. The summed E-state index contributed by atoms with van der Waals surface area (Å²) in [4.78, 5) is 24.4. The van der Waals surface area contributed by atoms with Crippen molar-refractivity contribution in [2.75, 3.05) is 13.1 Å². The Morgan fingerprint density at radius 3 is 2.03 bits per heavy atom. The molecule has 0 atom stereocenters. The van der Waals surface area contributed by atoms with Crippen molar-refractivity contribution in [3.8, 4) is 5.75 Å². The maximum Gasteiger partial charge on any atom is 0.387 e. The Morgan fingerprint density at radius 1 is 0.812 bits per heavy atom. The zero-order valence-electron chi connectivity index (χ0n) is 17.3. The Balaban J connectivity index is 1.50. The molecule has 2 amide bonds. The maximum absolute atomic E-state index is 12.3. The van der Waals surface area contributed by atoms with E-state index >= 15 is 0 Å². The van der Waals surface area contributed by atoms with Crippen LogP contribution in [0.3, 0.4) is 0 Å². The van der Waals surface area contributed by atoms with Crippen molar-refractivity contribution in [2.45, 2.75) is 19.0 Å². The van der Waals surface area contributed by atoms with Crippen LogP contribution in [0.25, 0.3) is 0 Å². The van der Waals surface area contributed by atoms with Crippen molar-refractivity contribution in [2.24, 2.45) is 0 Å². The largest absolute Gasteiger partial charge is 0.435 e. The van der Waals surface area contributed by atoms with Gasteiger partial charge in [-0.05, 0) is 35.7 Å². The van der Waals surface area contributed by atoms with Gasteiger partial charge in [-0.1, -0.05) is 66.7 Å². The standard InChI is InChI=1S/C25H24F2N2O3/c26-25(27)32-21-13-7-12-20(16-21)24(31)29-17-23(30)28-15-14-22(18-8-3-1-4-9-18)19-10-5-2-6-11-19/h1-13,16,22,25H,14-15,17H2,(H,28,30)(H,29,31). The molecule has 0 aliphatic carbocycles. The van der Waals surface area contributed by atoms with Crippen molar-refractivity contribution in [1.29, 1.82) is 0 Å². The number of carbonyl (C=O) groups is 2. The minimum atomic E-state index is -2.98. The molecule has 166 valence electrons. The number of rotatable bonds is 10. The first-order valence-electron chi connectivity index (χ1n) is 10.2. The summed E-state index contributed by atoms with van der Waals surface area (Å²) in [6.07, 6.45) is 0.695. The van der Waals surface area contributed by atoms with E-state index in [9.17, 15) is 18.4 Å². The molecule has 32 heavy (non-hydrogen) atoms. The fourth-order valence-corrected chi connectivity index (χ4v) is 3.39. The molecule has 0 fully saturated rings. The first-order chi connectivity index (χ1) is 15.5. The van der Waals surface area contributed by atoms with Gasteiger partial charge in [-0.2, -0.15) is 8.78 Å². The van der Waals surface area contributed by atoms with Gasteiger partial charge in [0.15, 0.2) is 0 Å². The summed E-state index contributed by atoms with van der Waals surface area (Å²) in [7, 11) is 0. The van der Waals surface area contributed by atoms with Crippen molar-refractivity contribution in [1.82, 2.24) is 10.6 Å². The second kappa shape index (κ2) is 11.6. The van der Waals surface area contributed by atoms with Gasteiger partial charge in [0.2, 0.25) is 5.91 Å². The van der Waals surface area contributed by atoms with Crippen molar-refractivity contribution in [3.63, 3.8) is 0 Å². The lowest BCUT2D eigenvalue weighted by Crippen LogP contribution is -2.37. The fraction of sp³-hybridized carbons (Fsp3) is 0.200. The predicted molar refractivity (Wildman–Crippen MR) is 118 cm³/mol. The molecule has 0 spiro atoms. The van der Waals surface area contributed by atoms with E-state index in [2.05, 4.69) is 39.6 Å². The quantitative estimate of drug-likeness (QED) is 0.494. The van der Waals surface area contributed by atoms with Crippen molar-refractivity contribution < 1.29 is 23.1 Å². The molecule has 7 heteroatoms. The van der Waals surface area contributed by atoms with E-state index < -0.39 is 12.5 Å². The van der Waals surface area contributed by atoms with Gasteiger partial charge < -0.3 is 15.4 Å². The normalized spacial score (nSPS) is 10.8. The van der Waals surface area contributed by atoms with Gasteiger partial charge in [0.25, 0.3) is 5.91 Å². The van der Waals surface area contributed by atoms with Crippen LogP contribution in [0.2, 0.25) is 0 Å². The lowest BCUT2D eigenvalue weighted by molar-refractivity contribution is -0.120. The lowest BCUT2D eigenvalue weighted by Gasteiger charge is -2.18. The van der Waals surface area contributed by atoms with Gasteiger partial charge in [-0.3, -0.25) is 9.59 Å². The topological polar surface area (TPSA) is 67.4 Å². The number of ether oxygens (including phenoxy) is 1. The van der Waals surface area contributed by atoms with Crippen LogP contribution in [-0.4, -0.2) is 31.5 Å². The smallest absolute Gasteiger partial charge is 0.387 e. The molecule has 3 aromatic carbocycles. The van der Waals surface area contributed by atoms with E-state index in [0.717, 1.165) is 11.1 Å². The molecule has 0 heterocycles. The average Bonchev–Trinajstić information content (AvgIpc) is 2.81. The van der Waals surface area contributed by atoms with Crippen LogP contribution in [0.4, 0.5) is 8.78 Å². The van der Waals surface area contributed by atoms with Crippen LogP contribution in [0, 0.1) is 0 Å². The maximum atomic E-state index is 12.3. The highest BCUT2D eigenvalue weighted by molar-refractivity contribution is 5.96. The number of carbonyl (C=O) groups excluding carboxylic acids is 2. The molecule has 3 rings (SSSR count). The molecule has 3 aromatic rings. The first kappa shape index (κ1) is 22.9. The summed E-state index contributed by atoms with van der Waals surface area (Å²) in [6, 6.07) is 25.5. The summed E-state index contributed by atoms with van der Waals surface area (Å²) >= 11 is 0. The van der Waals surface area contributed by atoms with Crippen LogP contribution in [-0.2, 0) is 4.79 Å². The predicted octanol–water partition coefficient (Wildman–Crippen LogP) is 4.36. The molecule has 0 aromatic heterocycles. The Morgan fingerprint density at radius 2 is 1.44 bits per heavy atom. The summed E-state index contributed by atoms with van der Waals surface area (Å²) in [5.41, 5.74) is 2.45. The van der Waals surface area contributed by atoms with E-state index in [1.807, 2.05) is 36.4 Å². The average molecular weight is 438 g/mol. The van der Waals surface area contributed by atoms with Crippen LogP contribution >= 0.6 is 0 Å². The van der Waals surface area contributed by atoms with Crippen LogP contribution in [0.5, 0.6) is 5.75 Å². The second-order valence-corrected chi connectivity index (χ2v) is 7.10. The summed E-state index contributed by atoms with van der Waals surface area (Å²) < 4.78 is 28.9. The minimum absolute atomic E-state index is 0.120. The number of nitrogens with one attached hydrogen (secondary N) is 2. The lowest BCUT2D eigenvalue weighted by atomic mass is 9.88. The fourth-order valence-electron chi connectivity index (χ4n) is 3.39. The highest BCUT2D eigenvalue weighted by Crippen LogP contribution is 2.27. The Bertz CT molecular complexity index is 974. The van der Waals surface area contributed by atoms with Crippen LogP contribution in [0.1, 0.15) is 33.8 Å². The monoisotopic (exact) mass is 438 g/mol. The second-order valence-electron chi connectivity index (χ2n) is 7.10. The van der Waals surface area contributed by atoms with Gasteiger partial charge >= 0.3 is 6.61 Å². The first-order valence-corrected chi connectivity index (χ1v) is 10.2. The third-order valence-corrected chi connectivity index (χ3v) is 4.89. The highest BCUT2D eigenvalue weighted by atomic mass is 19.3. The molecule has 0 aliphatic heterocycles. The van der Waals surface area contributed by atoms with Gasteiger partial charge in [0.05, 0.1) is 6.54 Å². The highest BCUT2D eigenvalue weighted by Gasteiger charge is 2.15. The van der Waals surface area contributed by atoms with Gasteiger partial charge in [-0.15, -0.1) is 0 Å². The molecule has 0 unspecified atom stereocenters. The summed E-state index contributed by atoms with van der Waals surface area (Å²) in [5.74, 6) is -0.876. The van der Waals surface area contributed by atoms with Gasteiger partial charge in [0, 0.05) is 18.0 Å². The van der Waals surface area contributed by atoms with Crippen molar-refractivity contribution in [3.05, 3.63) is 102 Å². The van der Waals surface area contributed by atoms with E-state index in [-0.39, 0.29) is 29.7 Å². The Hall–Kier alpha value is -3.74. The number of hydrogen-bond acceptors (Lipinski definition) is 3. The Labute approximate surface area is 185 Å². The molecular formula is C25H24F2N2O3. The zero-order valence-corrected chi connectivity index (χ0v) is 17.3. The molecule has 0 aliphatic rings. The number of hydrogen-bond donors (Lipinski definition) is 2. The van der Waals surface area contributed by atoms with E-state index in [1.54, 1.807) is 0 Å². The van der Waals surface area contributed by atoms with E-state index in [1.165, 1.54) is 24.3 Å². The third kappa shape index (κ3) is 6.91. The molecule has 0 saturated heterocycles. The number of alkyl halides is 2. The molecule has 2 N–H and O–H groups in total. The van der Waals surface area contributed by atoms with Crippen LogP contribution in [0.15, 0.2) is 84.9 Å². The summed E-state index contributed by atoms with van der Waals surface area (Å²) in [6.45, 7) is -2.77. The SMILES string of the molecule is O=C(CNC(=O)c1cccc(OC(F)F)c1)NCCC(c1ccccc1)c1ccccc1. The van der Waals surface area contributed by atoms with E-state index in [0.29, 0.717) is 13.0 Å². The van der Waals surface area contributed by atoms with Crippen molar-refractivity contribution >= 4 is 11.8 Å². The summed E-state index contributed by atoms with van der Waals surface area (Å²) in [5, 5.41) is 5.31.